The maximum atomic E-state index is 12.0. The Labute approximate surface area is 128 Å². The Bertz CT molecular complexity index is 811. The third kappa shape index (κ3) is 2.55. The maximum absolute atomic E-state index is 12.0. The van der Waals surface area contributed by atoms with E-state index in [-0.39, 0.29) is 5.91 Å². The Kier molecular flexibility index (Phi) is 3.82. The average Bonchev–Trinajstić information content (AvgIpc) is 3.03. The van der Waals surface area contributed by atoms with Crippen LogP contribution in [0.2, 0.25) is 0 Å². The molecule has 0 aliphatic carbocycles. The topological polar surface area (TPSA) is 63.4 Å². The second-order valence-electron chi connectivity index (χ2n) is 4.89. The highest BCUT2D eigenvalue weighted by Crippen LogP contribution is 2.24. The standard InChI is InChI=1S/C16H17N5O/c1-3-16(22)20(4-2)13-7-5-6-12(10-13)14-8-9-15-18-17-11-21(15)19-14/h5-11H,3-4H2,1-2H3. The van der Waals surface area contributed by atoms with Crippen molar-refractivity contribution in [1.82, 2.24) is 19.8 Å². The fourth-order valence-electron chi connectivity index (χ4n) is 2.41. The number of amides is 1. The van der Waals surface area contributed by atoms with E-state index in [1.807, 2.05) is 50.2 Å². The third-order valence-corrected chi connectivity index (χ3v) is 3.54. The lowest BCUT2D eigenvalue weighted by Gasteiger charge is -2.21. The van der Waals surface area contributed by atoms with E-state index in [1.165, 1.54) is 0 Å². The first-order valence-electron chi connectivity index (χ1n) is 7.30. The van der Waals surface area contributed by atoms with E-state index in [2.05, 4.69) is 15.3 Å². The Hall–Kier alpha value is -2.76. The lowest BCUT2D eigenvalue weighted by Crippen LogP contribution is -2.29. The van der Waals surface area contributed by atoms with Gasteiger partial charge < -0.3 is 4.90 Å². The molecule has 0 unspecified atom stereocenters. The van der Waals surface area contributed by atoms with Crippen LogP contribution in [-0.4, -0.2) is 32.3 Å². The minimum atomic E-state index is 0.113. The van der Waals surface area contributed by atoms with Crippen molar-refractivity contribution in [1.29, 1.82) is 0 Å². The van der Waals surface area contributed by atoms with Crippen LogP contribution in [0.15, 0.2) is 42.7 Å². The minimum absolute atomic E-state index is 0.113. The van der Waals surface area contributed by atoms with Crippen molar-refractivity contribution in [3.05, 3.63) is 42.7 Å². The number of carbonyl (C=O) groups excluding carboxylic acids is 1. The quantitative estimate of drug-likeness (QED) is 0.742. The van der Waals surface area contributed by atoms with Gasteiger partial charge in [0.15, 0.2) is 5.65 Å². The second-order valence-corrected chi connectivity index (χ2v) is 4.89. The monoisotopic (exact) mass is 295 g/mol. The van der Waals surface area contributed by atoms with E-state index < -0.39 is 0 Å². The van der Waals surface area contributed by atoms with Crippen LogP contribution in [0, 0.1) is 0 Å². The first-order chi connectivity index (χ1) is 10.7. The molecule has 1 aromatic carbocycles. The number of aromatic nitrogens is 4. The molecule has 0 saturated carbocycles. The molecule has 1 amide bonds. The maximum Gasteiger partial charge on any atom is 0.226 e. The molecule has 0 aliphatic rings. The molecule has 6 heteroatoms. The third-order valence-electron chi connectivity index (χ3n) is 3.54. The smallest absolute Gasteiger partial charge is 0.226 e. The molecule has 0 bridgehead atoms. The van der Waals surface area contributed by atoms with Gasteiger partial charge in [0.2, 0.25) is 5.91 Å². The van der Waals surface area contributed by atoms with Crippen molar-refractivity contribution in [3.8, 4) is 11.3 Å². The number of fused-ring (bicyclic) bond motifs is 1. The lowest BCUT2D eigenvalue weighted by molar-refractivity contribution is -0.118. The number of anilines is 1. The van der Waals surface area contributed by atoms with E-state index in [0.717, 1.165) is 16.9 Å². The number of carbonyl (C=O) groups is 1. The van der Waals surface area contributed by atoms with Crippen LogP contribution in [0.4, 0.5) is 5.69 Å². The van der Waals surface area contributed by atoms with Gasteiger partial charge in [-0.3, -0.25) is 4.79 Å². The molecule has 0 N–H and O–H groups in total. The summed E-state index contributed by atoms with van der Waals surface area (Å²) in [6.07, 6.45) is 2.06. The number of rotatable bonds is 4. The van der Waals surface area contributed by atoms with Crippen LogP contribution in [0.5, 0.6) is 0 Å². The summed E-state index contributed by atoms with van der Waals surface area (Å²) >= 11 is 0. The van der Waals surface area contributed by atoms with Crippen molar-refractivity contribution in [2.45, 2.75) is 20.3 Å². The van der Waals surface area contributed by atoms with E-state index >= 15 is 0 Å². The van der Waals surface area contributed by atoms with Crippen LogP contribution in [0.25, 0.3) is 16.9 Å². The zero-order valence-corrected chi connectivity index (χ0v) is 12.6. The van der Waals surface area contributed by atoms with Crippen LogP contribution >= 0.6 is 0 Å². The van der Waals surface area contributed by atoms with Crippen LogP contribution in [-0.2, 0) is 4.79 Å². The summed E-state index contributed by atoms with van der Waals surface area (Å²) in [6, 6.07) is 11.6. The summed E-state index contributed by atoms with van der Waals surface area (Å²) in [4.78, 5) is 13.8. The summed E-state index contributed by atoms with van der Waals surface area (Å²) < 4.78 is 1.64. The van der Waals surface area contributed by atoms with Gasteiger partial charge in [-0.15, -0.1) is 10.2 Å². The van der Waals surface area contributed by atoms with Gasteiger partial charge in [0, 0.05) is 24.2 Å². The molecular formula is C16H17N5O. The molecule has 22 heavy (non-hydrogen) atoms. The lowest BCUT2D eigenvalue weighted by atomic mass is 10.1. The van der Waals surface area contributed by atoms with Crippen LogP contribution < -0.4 is 4.90 Å². The van der Waals surface area contributed by atoms with E-state index in [1.54, 1.807) is 15.7 Å². The first-order valence-corrected chi connectivity index (χ1v) is 7.30. The summed E-state index contributed by atoms with van der Waals surface area (Å²) in [5, 5.41) is 12.3. The summed E-state index contributed by atoms with van der Waals surface area (Å²) in [5.74, 6) is 0.113. The molecule has 0 fully saturated rings. The molecule has 0 saturated heterocycles. The van der Waals surface area contributed by atoms with Gasteiger partial charge in [0.1, 0.15) is 6.33 Å². The van der Waals surface area contributed by atoms with Crippen molar-refractivity contribution in [3.63, 3.8) is 0 Å². The molecule has 3 aromatic rings. The zero-order valence-electron chi connectivity index (χ0n) is 12.6. The van der Waals surface area contributed by atoms with Gasteiger partial charge in [0.25, 0.3) is 0 Å². The molecule has 0 radical (unpaired) electrons. The molecule has 0 spiro atoms. The van der Waals surface area contributed by atoms with Crippen molar-refractivity contribution >= 4 is 17.2 Å². The Morgan fingerprint density at radius 2 is 2.09 bits per heavy atom. The van der Waals surface area contributed by atoms with E-state index in [9.17, 15) is 4.79 Å². The number of nitrogens with zero attached hydrogens (tertiary/aromatic N) is 5. The normalized spacial score (nSPS) is 10.8. The van der Waals surface area contributed by atoms with Gasteiger partial charge in [-0.05, 0) is 31.2 Å². The predicted octanol–water partition coefficient (Wildman–Crippen LogP) is 2.55. The highest BCUT2D eigenvalue weighted by molar-refractivity contribution is 5.93. The van der Waals surface area contributed by atoms with Crippen molar-refractivity contribution < 1.29 is 4.79 Å². The molecule has 112 valence electrons. The van der Waals surface area contributed by atoms with Gasteiger partial charge in [-0.2, -0.15) is 9.61 Å². The Balaban J connectivity index is 2.01. The second kappa shape index (κ2) is 5.93. The molecule has 2 aromatic heterocycles. The molecular weight excluding hydrogens is 278 g/mol. The van der Waals surface area contributed by atoms with Gasteiger partial charge in [-0.25, -0.2) is 0 Å². The molecule has 0 atom stereocenters. The largest absolute Gasteiger partial charge is 0.313 e. The molecule has 3 rings (SSSR count). The Morgan fingerprint density at radius 1 is 1.23 bits per heavy atom. The van der Waals surface area contributed by atoms with Crippen molar-refractivity contribution in [2.24, 2.45) is 0 Å². The zero-order chi connectivity index (χ0) is 15.5. The molecule has 0 aliphatic heterocycles. The Morgan fingerprint density at radius 3 is 2.86 bits per heavy atom. The SMILES string of the molecule is CCC(=O)N(CC)c1cccc(-c2ccc3nncn3n2)c1. The number of hydrogen-bond donors (Lipinski definition) is 0. The highest BCUT2D eigenvalue weighted by atomic mass is 16.2. The molecule has 6 nitrogen and oxygen atoms in total. The first kappa shape index (κ1) is 14.2. The fourth-order valence-corrected chi connectivity index (χ4v) is 2.41. The van der Waals surface area contributed by atoms with Crippen molar-refractivity contribution in [2.75, 3.05) is 11.4 Å². The minimum Gasteiger partial charge on any atom is -0.313 e. The fraction of sp³-hybridized carbons (Fsp3) is 0.250. The number of benzene rings is 1. The van der Waals surface area contributed by atoms with Gasteiger partial charge in [-0.1, -0.05) is 19.1 Å². The average molecular weight is 295 g/mol. The van der Waals surface area contributed by atoms with Gasteiger partial charge in [0.05, 0.1) is 5.69 Å². The van der Waals surface area contributed by atoms with Crippen LogP contribution in [0.1, 0.15) is 20.3 Å². The van der Waals surface area contributed by atoms with E-state index in [4.69, 9.17) is 0 Å². The summed E-state index contributed by atoms with van der Waals surface area (Å²) in [5.41, 5.74) is 3.36. The van der Waals surface area contributed by atoms with Crippen LogP contribution in [0.3, 0.4) is 0 Å². The summed E-state index contributed by atoms with van der Waals surface area (Å²) in [6.45, 7) is 4.49. The number of hydrogen-bond acceptors (Lipinski definition) is 4. The molecule has 2 heterocycles. The highest BCUT2D eigenvalue weighted by Gasteiger charge is 2.13. The predicted molar refractivity (Wildman–Crippen MR) is 84.5 cm³/mol. The van der Waals surface area contributed by atoms with Gasteiger partial charge >= 0.3 is 0 Å². The summed E-state index contributed by atoms with van der Waals surface area (Å²) in [7, 11) is 0. The van der Waals surface area contributed by atoms with E-state index in [0.29, 0.717) is 18.6 Å².